The van der Waals surface area contributed by atoms with Crippen molar-refractivity contribution in [3.63, 3.8) is 0 Å². The summed E-state index contributed by atoms with van der Waals surface area (Å²) >= 11 is 0. The zero-order chi connectivity index (χ0) is 19.6. The van der Waals surface area contributed by atoms with Gasteiger partial charge in [0.15, 0.2) is 5.96 Å². The Morgan fingerprint density at radius 1 is 0.964 bits per heavy atom. The molecule has 2 aromatic carbocycles. The lowest BCUT2D eigenvalue weighted by Crippen LogP contribution is -2.41. The van der Waals surface area contributed by atoms with Crippen LogP contribution in [0.4, 0.5) is 5.69 Å². The Labute approximate surface area is 182 Å². The molecule has 28 heavy (non-hydrogen) atoms. The number of anilines is 1. The Morgan fingerprint density at radius 2 is 1.61 bits per heavy atom. The maximum absolute atomic E-state index is 12.0. The normalized spacial score (nSPS) is 10.5. The van der Waals surface area contributed by atoms with Gasteiger partial charge in [0, 0.05) is 38.9 Å². The maximum Gasteiger partial charge on any atom is 0.253 e. The molecule has 2 aromatic rings. The van der Waals surface area contributed by atoms with Crippen LogP contribution in [0.5, 0.6) is 0 Å². The number of guanidine groups is 1. The van der Waals surface area contributed by atoms with Crippen molar-refractivity contribution in [3.8, 4) is 0 Å². The van der Waals surface area contributed by atoms with Crippen LogP contribution in [0.3, 0.4) is 0 Å². The Morgan fingerprint density at radius 3 is 2.18 bits per heavy atom. The smallest absolute Gasteiger partial charge is 0.253 e. The Hall–Kier alpha value is -2.62. The summed E-state index contributed by atoms with van der Waals surface area (Å²) in [4.78, 5) is 29.5. The SMILES string of the molecule is CN=C(NCC(=O)Nc1ccccc1)NCc1ccc(C(=O)N(C)C)cc1.I. The predicted octanol–water partition coefficient (Wildman–Crippen LogP) is 2.31. The first-order chi connectivity index (χ1) is 13.0. The van der Waals surface area contributed by atoms with E-state index in [2.05, 4.69) is 20.9 Å². The van der Waals surface area contributed by atoms with Crippen LogP contribution in [0.1, 0.15) is 15.9 Å². The van der Waals surface area contributed by atoms with E-state index in [0.717, 1.165) is 11.3 Å². The molecule has 0 spiro atoms. The molecule has 0 bridgehead atoms. The summed E-state index contributed by atoms with van der Waals surface area (Å²) in [5.74, 6) is 0.332. The van der Waals surface area contributed by atoms with Gasteiger partial charge in [0.05, 0.1) is 6.54 Å². The molecule has 0 heterocycles. The zero-order valence-corrected chi connectivity index (χ0v) is 18.6. The van der Waals surface area contributed by atoms with Crippen LogP contribution in [0.15, 0.2) is 59.6 Å². The molecule has 2 amide bonds. The number of rotatable bonds is 6. The summed E-state index contributed by atoms with van der Waals surface area (Å²) in [6, 6.07) is 16.6. The molecule has 0 aliphatic carbocycles. The molecule has 0 unspecified atom stereocenters. The standard InChI is InChI=1S/C20H25N5O2.HI/c1-21-20(23-14-18(26)24-17-7-5-4-6-8-17)22-13-15-9-11-16(12-10-15)19(27)25(2)3;/h4-12H,13-14H2,1-3H3,(H,24,26)(H2,21,22,23);1H. The lowest BCUT2D eigenvalue weighted by Gasteiger charge is -2.13. The highest BCUT2D eigenvalue weighted by molar-refractivity contribution is 14.0. The van der Waals surface area contributed by atoms with Gasteiger partial charge in [-0.15, -0.1) is 24.0 Å². The molecule has 3 N–H and O–H groups in total. The Bertz CT molecular complexity index is 792. The highest BCUT2D eigenvalue weighted by Gasteiger charge is 2.08. The zero-order valence-electron chi connectivity index (χ0n) is 16.2. The summed E-state index contributed by atoms with van der Waals surface area (Å²) in [6.45, 7) is 0.626. The van der Waals surface area contributed by atoms with E-state index < -0.39 is 0 Å². The van der Waals surface area contributed by atoms with Crippen molar-refractivity contribution < 1.29 is 9.59 Å². The summed E-state index contributed by atoms with van der Waals surface area (Å²) in [7, 11) is 5.09. The molecule has 0 aliphatic heterocycles. The lowest BCUT2D eigenvalue weighted by atomic mass is 10.1. The van der Waals surface area contributed by atoms with E-state index in [1.165, 1.54) is 0 Å². The molecule has 0 saturated heterocycles. The molecule has 0 saturated carbocycles. The van der Waals surface area contributed by atoms with Crippen LogP contribution in [-0.2, 0) is 11.3 Å². The summed E-state index contributed by atoms with van der Waals surface area (Å²) in [5.41, 5.74) is 2.39. The molecule has 0 atom stereocenters. The molecule has 150 valence electrons. The second-order valence-corrected chi connectivity index (χ2v) is 6.09. The van der Waals surface area contributed by atoms with E-state index in [1.54, 1.807) is 38.2 Å². The first-order valence-corrected chi connectivity index (χ1v) is 8.59. The van der Waals surface area contributed by atoms with Gasteiger partial charge in [-0.1, -0.05) is 30.3 Å². The summed E-state index contributed by atoms with van der Waals surface area (Å²) < 4.78 is 0. The fourth-order valence-electron chi connectivity index (χ4n) is 2.32. The number of para-hydroxylation sites is 1. The van der Waals surface area contributed by atoms with Crippen LogP contribution >= 0.6 is 24.0 Å². The number of amides is 2. The van der Waals surface area contributed by atoms with E-state index in [4.69, 9.17) is 0 Å². The number of hydrogen-bond donors (Lipinski definition) is 3. The highest BCUT2D eigenvalue weighted by atomic mass is 127. The third-order valence-corrected chi connectivity index (χ3v) is 3.76. The Kier molecular flexibility index (Phi) is 10.0. The number of nitrogens with zero attached hydrogens (tertiary/aromatic N) is 2. The van der Waals surface area contributed by atoms with Crippen molar-refractivity contribution in [3.05, 3.63) is 65.7 Å². The van der Waals surface area contributed by atoms with Crippen LogP contribution < -0.4 is 16.0 Å². The summed E-state index contributed by atoms with van der Waals surface area (Å²) in [5, 5.41) is 8.91. The number of aliphatic imine (C=N–C) groups is 1. The van der Waals surface area contributed by atoms with Gasteiger partial charge in [0.1, 0.15) is 0 Å². The minimum atomic E-state index is -0.157. The average Bonchev–Trinajstić information content (AvgIpc) is 2.68. The van der Waals surface area contributed by atoms with Crippen molar-refractivity contribution in [1.82, 2.24) is 15.5 Å². The van der Waals surface area contributed by atoms with Crippen LogP contribution in [0.25, 0.3) is 0 Å². The number of halogens is 1. The quantitative estimate of drug-likeness (QED) is 0.326. The van der Waals surface area contributed by atoms with E-state index in [0.29, 0.717) is 18.1 Å². The molecule has 0 aliphatic rings. The van der Waals surface area contributed by atoms with Crippen molar-refractivity contribution in [2.45, 2.75) is 6.54 Å². The van der Waals surface area contributed by atoms with Gasteiger partial charge < -0.3 is 20.9 Å². The fraction of sp³-hybridized carbons (Fsp3) is 0.250. The van der Waals surface area contributed by atoms with E-state index in [1.807, 2.05) is 42.5 Å². The van der Waals surface area contributed by atoms with E-state index in [-0.39, 0.29) is 42.3 Å². The molecule has 0 fully saturated rings. The lowest BCUT2D eigenvalue weighted by molar-refractivity contribution is -0.115. The third-order valence-electron chi connectivity index (χ3n) is 3.76. The molecule has 8 heteroatoms. The topological polar surface area (TPSA) is 85.8 Å². The highest BCUT2D eigenvalue weighted by Crippen LogP contribution is 2.06. The van der Waals surface area contributed by atoms with E-state index in [9.17, 15) is 9.59 Å². The molecule has 0 aromatic heterocycles. The fourth-order valence-corrected chi connectivity index (χ4v) is 2.32. The van der Waals surface area contributed by atoms with Gasteiger partial charge in [-0.05, 0) is 29.8 Å². The second kappa shape index (κ2) is 12.0. The maximum atomic E-state index is 12.0. The van der Waals surface area contributed by atoms with Gasteiger partial charge in [-0.3, -0.25) is 14.6 Å². The number of benzene rings is 2. The van der Waals surface area contributed by atoms with Crippen molar-refractivity contribution >= 4 is 47.4 Å². The predicted molar refractivity (Wildman–Crippen MR) is 123 cm³/mol. The molecule has 2 rings (SSSR count). The first kappa shape index (κ1) is 23.4. The van der Waals surface area contributed by atoms with Crippen LogP contribution in [0.2, 0.25) is 0 Å². The monoisotopic (exact) mass is 495 g/mol. The minimum absolute atomic E-state index is 0. The average molecular weight is 495 g/mol. The molecular weight excluding hydrogens is 469 g/mol. The van der Waals surface area contributed by atoms with Gasteiger partial charge in [-0.25, -0.2) is 0 Å². The molecular formula is C20H26IN5O2. The largest absolute Gasteiger partial charge is 0.352 e. The van der Waals surface area contributed by atoms with Gasteiger partial charge in [-0.2, -0.15) is 0 Å². The molecule has 7 nitrogen and oxygen atoms in total. The van der Waals surface area contributed by atoms with E-state index >= 15 is 0 Å². The number of hydrogen-bond acceptors (Lipinski definition) is 3. The number of carbonyl (C=O) groups excluding carboxylic acids is 2. The van der Waals surface area contributed by atoms with Crippen LogP contribution in [0, 0.1) is 0 Å². The van der Waals surface area contributed by atoms with Crippen molar-refractivity contribution in [1.29, 1.82) is 0 Å². The minimum Gasteiger partial charge on any atom is -0.352 e. The second-order valence-electron chi connectivity index (χ2n) is 6.09. The molecule has 0 radical (unpaired) electrons. The summed E-state index contributed by atoms with van der Waals surface area (Å²) in [6.07, 6.45) is 0. The first-order valence-electron chi connectivity index (χ1n) is 8.59. The van der Waals surface area contributed by atoms with Crippen molar-refractivity contribution in [2.75, 3.05) is 33.0 Å². The van der Waals surface area contributed by atoms with Crippen molar-refractivity contribution in [2.24, 2.45) is 4.99 Å². The van der Waals surface area contributed by atoms with Crippen LogP contribution in [-0.4, -0.2) is 50.4 Å². The number of nitrogens with one attached hydrogen (secondary N) is 3. The van der Waals surface area contributed by atoms with Gasteiger partial charge >= 0.3 is 0 Å². The Balaban J connectivity index is 0.00000392. The number of carbonyl (C=O) groups is 2. The van der Waals surface area contributed by atoms with Gasteiger partial charge in [0.25, 0.3) is 5.91 Å². The third kappa shape index (κ3) is 7.55. The van der Waals surface area contributed by atoms with Gasteiger partial charge in [0.2, 0.25) is 5.91 Å².